The lowest BCUT2D eigenvalue weighted by molar-refractivity contribution is 0.123. The zero-order valence-electron chi connectivity index (χ0n) is 16.2. The number of hydrogen-bond acceptors (Lipinski definition) is 5. The molecule has 0 spiro atoms. The SMILES string of the molecule is Cc1c(N2CCN(C)CC2)sc(N2CCOCC2)c1C#Cc1ccccc1. The Morgan fingerprint density at radius 2 is 1.52 bits per heavy atom. The van der Waals surface area contributed by atoms with Gasteiger partial charge in [0.05, 0.1) is 23.8 Å². The Labute approximate surface area is 166 Å². The summed E-state index contributed by atoms with van der Waals surface area (Å²) in [6.07, 6.45) is 0. The van der Waals surface area contributed by atoms with Crippen molar-refractivity contribution in [3.63, 3.8) is 0 Å². The van der Waals surface area contributed by atoms with E-state index in [9.17, 15) is 0 Å². The van der Waals surface area contributed by atoms with E-state index in [2.05, 4.69) is 52.6 Å². The third-order valence-corrected chi connectivity index (χ3v) is 6.71. The summed E-state index contributed by atoms with van der Waals surface area (Å²) in [4.78, 5) is 7.39. The summed E-state index contributed by atoms with van der Waals surface area (Å²) >= 11 is 1.91. The highest BCUT2D eigenvalue weighted by Crippen LogP contribution is 2.41. The summed E-state index contributed by atoms with van der Waals surface area (Å²) in [6.45, 7) is 10.1. The zero-order chi connectivity index (χ0) is 18.6. The van der Waals surface area contributed by atoms with E-state index in [1.807, 2.05) is 29.5 Å². The van der Waals surface area contributed by atoms with Crippen LogP contribution in [0.1, 0.15) is 16.7 Å². The standard InChI is InChI=1S/C22H27N3OS/c1-18-20(9-8-19-6-4-3-5-7-19)22(25-14-16-26-17-15-25)27-21(18)24-12-10-23(2)11-13-24/h3-7H,10-17H2,1-2H3. The predicted molar refractivity (Wildman–Crippen MR) is 114 cm³/mol. The van der Waals surface area contributed by atoms with Gasteiger partial charge in [-0.15, -0.1) is 0 Å². The summed E-state index contributed by atoms with van der Waals surface area (Å²) < 4.78 is 5.57. The largest absolute Gasteiger partial charge is 0.378 e. The number of rotatable bonds is 2. The fourth-order valence-corrected chi connectivity index (χ4v) is 4.96. The highest BCUT2D eigenvalue weighted by molar-refractivity contribution is 7.20. The molecule has 2 saturated heterocycles. The maximum absolute atomic E-state index is 5.57. The lowest BCUT2D eigenvalue weighted by Gasteiger charge is -2.33. The van der Waals surface area contributed by atoms with Gasteiger partial charge in [0.2, 0.25) is 0 Å². The molecule has 0 N–H and O–H groups in total. The number of anilines is 2. The Morgan fingerprint density at radius 3 is 2.22 bits per heavy atom. The van der Waals surface area contributed by atoms with Gasteiger partial charge in [0.15, 0.2) is 0 Å². The van der Waals surface area contributed by atoms with E-state index in [1.54, 1.807) is 0 Å². The van der Waals surface area contributed by atoms with Crippen molar-refractivity contribution in [1.82, 2.24) is 4.90 Å². The van der Waals surface area contributed by atoms with Crippen molar-refractivity contribution < 1.29 is 4.74 Å². The molecule has 0 atom stereocenters. The molecule has 2 aliphatic rings. The van der Waals surface area contributed by atoms with E-state index >= 15 is 0 Å². The maximum Gasteiger partial charge on any atom is 0.109 e. The number of likely N-dealkylation sites (N-methyl/N-ethyl adjacent to an activating group) is 1. The summed E-state index contributed by atoms with van der Waals surface area (Å²) in [5, 5.41) is 2.70. The third-order valence-electron chi connectivity index (χ3n) is 5.30. The van der Waals surface area contributed by atoms with Crippen LogP contribution in [0.25, 0.3) is 0 Å². The topological polar surface area (TPSA) is 19.0 Å². The predicted octanol–water partition coefficient (Wildman–Crippen LogP) is 3.04. The number of nitrogens with zero attached hydrogens (tertiary/aromatic N) is 3. The second-order valence-electron chi connectivity index (χ2n) is 7.22. The van der Waals surface area contributed by atoms with Crippen LogP contribution in [-0.4, -0.2) is 64.4 Å². The molecular formula is C22H27N3OS. The normalized spacial score (nSPS) is 18.3. The molecule has 4 nitrogen and oxygen atoms in total. The smallest absolute Gasteiger partial charge is 0.109 e. The monoisotopic (exact) mass is 381 g/mol. The van der Waals surface area contributed by atoms with Gasteiger partial charge in [-0.3, -0.25) is 0 Å². The molecule has 5 heteroatoms. The zero-order valence-corrected chi connectivity index (χ0v) is 17.0. The van der Waals surface area contributed by atoms with Crippen molar-refractivity contribution in [3.8, 4) is 11.8 Å². The Hall–Kier alpha value is -2.00. The Balaban J connectivity index is 1.69. The van der Waals surface area contributed by atoms with Gasteiger partial charge in [-0.05, 0) is 26.1 Å². The fraction of sp³-hybridized carbons (Fsp3) is 0.455. The molecule has 0 saturated carbocycles. The minimum atomic E-state index is 0.798. The van der Waals surface area contributed by atoms with Gasteiger partial charge in [-0.25, -0.2) is 0 Å². The van der Waals surface area contributed by atoms with Gasteiger partial charge in [0.25, 0.3) is 0 Å². The van der Waals surface area contributed by atoms with E-state index in [4.69, 9.17) is 4.74 Å². The molecule has 1 aromatic heterocycles. The first kappa shape index (κ1) is 18.4. The Morgan fingerprint density at radius 1 is 0.852 bits per heavy atom. The van der Waals surface area contributed by atoms with E-state index in [-0.39, 0.29) is 0 Å². The number of piperazine rings is 1. The summed E-state index contributed by atoms with van der Waals surface area (Å²) in [7, 11) is 2.20. The average Bonchev–Trinajstić information content (AvgIpc) is 3.05. The van der Waals surface area contributed by atoms with Crippen LogP contribution in [0, 0.1) is 18.8 Å². The number of thiophene rings is 1. The highest BCUT2D eigenvalue weighted by atomic mass is 32.1. The molecular weight excluding hydrogens is 354 g/mol. The molecule has 4 rings (SSSR count). The highest BCUT2D eigenvalue weighted by Gasteiger charge is 2.25. The van der Waals surface area contributed by atoms with E-state index < -0.39 is 0 Å². The molecule has 0 aliphatic carbocycles. The number of ether oxygens (including phenoxy) is 1. The van der Waals surface area contributed by atoms with E-state index in [0.717, 1.165) is 58.0 Å². The van der Waals surface area contributed by atoms with Crippen molar-refractivity contribution in [2.24, 2.45) is 0 Å². The van der Waals surface area contributed by atoms with Crippen LogP contribution < -0.4 is 9.80 Å². The van der Waals surface area contributed by atoms with Gasteiger partial charge in [-0.2, -0.15) is 0 Å². The number of hydrogen-bond donors (Lipinski definition) is 0. The average molecular weight is 382 g/mol. The van der Waals surface area contributed by atoms with E-state index in [1.165, 1.54) is 21.1 Å². The Kier molecular flexibility index (Phi) is 5.68. The van der Waals surface area contributed by atoms with Crippen LogP contribution in [0.3, 0.4) is 0 Å². The summed E-state index contributed by atoms with van der Waals surface area (Å²) in [5.41, 5.74) is 3.59. The van der Waals surface area contributed by atoms with Crippen molar-refractivity contribution in [2.75, 3.05) is 69.3 Å². The molecule has 2 fully saturated rings. The first-order valence-electron chi connectivity index (χ1n) is 9.69. The summed E-state index contributed by atoms with van der Waals surface area (Å²) in [6, 6.07) is 10.3. The lowest BCUT2D eigenvalue weighted by atomic mass is 10.1. The van der Waals surface area contributed by atoms with Gasteiger partial charge in [0, 0.05) is 50.4 Å². The minimum absolute atomic E-state index is 0.798. The molecule has 0 amide bonds. The molecule has 27 heavy (non-hydrogen) atoms. The van der Waals surface area contributed by atoms with Crippen LogP contribution in [0.2, 0.25) is 0 Å². The van der Waals surface area contributed by atoms with Crippen molar-refractivity contribution in [3.05, 3.63) is 47.0 Å². The minimum Gasteiger partial charge on any atom is -0.378 e. The van der Waals surface area contributed by atoms with Gasteiger partial charge >= 0.3 is 0 Å². The molecule has 2 aliphatic heterocycles. The first-order valence-corrected chi connectivity index (χ1v) is 10.5. The number of morpholine rings is 1. The second kappa shape index (κ2) is 8.35. The van der Waals surface area contributed by atoms with Crippen LogP contribution in [0.15, 0.2) is 30.3 Å². The van der Waals surface area contributed by atoms with Crippen LogP contribution >= 0.6 is 11.3 Å². The van der Waals surface area contributed by atoms with Crippen LogP contribution in [-0.2, 0) is 4.74 Å². The molecule has 2 aromatic rings. The summed E-state index contributed by atoms with van der Waals surface area (Å²) in [5.74, 6) is 6.88. The number of benzene rings is 1. The second-order valence-corrected chi connectivity index (χ2v) is 8.20. The van der Waals surface area contributed by atoms with Gasteiger partial charge < -0.3 is 19.4 Å². The quantitative estimate of drug-likeness (QED) is 0.744. The van der Waals surface area contributed by atoms with Crippen LogP contribution in [0.4, 0.5) is 10.0 Å². The molecule has 1 aromatic carbocycles. The van der Waals surface area contributed by atoms with Crippen LogP contribution in [0.5, 0.6) is 0 Å². The molecule has 0 bridgehead atoms. The van der Waals surface area contributed by atoms with Crippen molar-refractivity contribution >= 4 is 21.3 Å². The first-order chi connectivity index (χ1) is 13.2. The van der Waals surface area contributed by atoms with E-state index in [0.29, 0.717) is 0 Å². The maximum atomic E-state index is 5.57. The third kappa shape index (κ3) is 4.14. The fourth-order valence-electron chi connectivity index (χ4n) is 3.59. The van der Waals surface area contributed by atoms with Gasteiger partial charge in [0.1, 0.15) is 5.00 Å². The van der Waals surface area contributed by atoms with Gasteiger partial charge in [-0.1, -0.05) is 41.4 Å². The lowest BCUT2D eigenvalue weighted by Crippen LogP contribution is -2.44. The molecule has 142 valence electrons. The Bertz CT molecular complexity index is 822. The molecule has 3 heterocycles. The van der Waals surface area contributed by atoms with Crippen molar-refractivity contribution in [2.45, 2.75) is 6.92 Å². The molecule has 0 unspecified atom stereocenters. The van der Waals surface area contributed by atoms with Crippen molar-refractivity contribution in [1.29, 1.82) is 0 Å². The molecule has 0 radical (unpaired) electrons.